The van der Waals surface area contributed by atoms with Gasteiger partial charge in [-0.2, -0.15) is 0 Å². The van der Waals surface area contributed by atoms with Gasteiger partial charge in [0.2, 0.25) is 5.43 Å². The molecule has 4 rings (SSSR count). The molecule has 4 aromatic rings. The number of para-hydroxylation sites is 1. The number of carboxylic acid groups (broad SMARTS) is 1. The molecule has 0 saturated heterocycles. The van der Waals surface area contributed by atoms with Crippen molar-refractivity contribution in [2.24, 2.45) is 0 Å². The van der Waals surface area contributed by atoms with E-state index in [9.17, 15) is 30.0 Å². The fraction of sp³-hybridized carbons (Fsp3) is 0.0435. The third-order valence-corrected chi connectivity index (χ3v) is 4.85. The molecule has 0 bridgehead atoms. The summed E-state index contributed by atoms with van der Waals surface area (Å²) in [5.74, 6) is -2.24. The highest BCUT2D eigenvalue weighted by Gasteiger charge is 2.24. The van der Waals surface area contributed by atoms with Gasteiger partial charge in [0.1, 0.15) is 45.3 Å². The van der Waals surface area contributed by atoms with Gasteiger partial charge in [0, 0.05) is 23.3 Å². The zero-order valence-electron chi connectivity index (χ0n) is 16.1. The number of phenols is 3. The molecule has 0 aliphatic heterocycles. The number of carbonyl (C=O) groups is 1. The lowest BCUT2D eigenvalue weighted by Crippen LogP contribution is -2.09. The molecule has 8 nitrogen and oxygen atoms in total. The van der Waals surface area contributed by atoms with E-state index in [1.54, 1.807) is 24.3 Å². The van der Waals surface area contributed by atoms with E-state index in [1.807, 2.05) is 0 Å². The van der Waals surface area contributed by atoms with Gasteiger partial charge in [-0.3, -0.25) is 4.79 Å². The maximum absolute atomic E-state index is 13.4. The Morgan fingerprint density at radius 1 is 1.00 bits per heavy atom. The molecule has 31 heavy (non-hydrogen) atoms. The second-order valence-electron chi connectivity index (χ2n) is 6.71. The van der Waals surface area contributed by atoms with Crippen LogP contribution in [0.1, 0.15) is 10.4 Å². The minimum Gasteiger partial charge on any atom is -0.508 e. The van der Waals surface area contributed by atoms with Crippen molar-refractivity contribution in [3.8, 4) is 45.4 Å². The molecule has 0 amide bonds. The lowest BCUT2D eigenvalue weighted by Gasteiger charge is -2.14. The second kappa shape index (κ2) is 7.42. The summed E-state index contributed by atoms with van der Waals surface area (Å²) in [5.41, 5.74) is -0.966. The summed E-state index contributed by atoms with van der Waals surface area (Å²) in [6, 6.07) is 12.6. The Kier molecular flexibility index (Phi) is 4.75. The summed E-state index contributed by atoms with van der Waals surface area (Å²) < 4.78 is 11.0. The predicted octanol–water partition coefficient (Wildman–Crippen LogP) is 3.95. The molecular formula is C23H16O8. The average Bonchev–Trinajstić information content (AvgIpc) is 2.73. The molecule has 0 aliphatic carbocycles. The van der Waals surface area contributed by atoms with Crippen molar-refractivity contribution in [1.82, 2.24) is 0 Å². The van der Waals surface area contributed by atoms with Crippen LogP contribution >= 0.6 is 0 Å². The minimum absolute atomic E-state index is 0.0167. The summed E-state index contributed by atoms with van der Waals surface area (Å²) >= 11 is 0. The number of benzene rings is 3. The Morgan fingerprint density at radius 2 is 1.71 bits per heavy atom. The van der Waals surface area contributed by atoms with Crippen molar-refractivity contribution in [3.05, 3.63) is 70.4 Å². The number of methoxy groups -OCH3 is 1. The summed E-state index contributed by atoms with van der Waals surface area (Å²) in [5, 5.41) is 39.8. The predicted molar refractivity (Wildman–Crippen MR) is 112 cm³/mol. The van der Waals surface area contributed by atoms with Gasteiger partial charge >= 0.3 is 5.97 Å². The summed E-state index contributed by atoms with van der Waals surface area (Å²) in [4.78, 5) is 24.9. The Labute approximate surface area is 174 Å². The second-order valence-corrected chi connectivity index (χ2v) is 6.71. The van der Waals surface area contributed by atoms with E-state index in [-0.39, 0.29) is 33.6 Å². The lowest BCUT2D eigenvalue weighted by molar-refractivity contribution is 0.0694. The molecule has 3 aromatic carbocycles. The first-order valence-electron chi connectivity index (χ1n) is 9.04. The number of hydrogen-bond donors (Lipinski definition) is 4. The molecule has 0 radical (unpaired) electrons. The van der Waals surface area contributed by atoms with E-state index < -0.39 is 28.5 Å². The van der Waals surface area contributed by atoms with Crippen molar-refractivity contribution in [3.63, 3.8) is 0 Å². The van der Waals surface area contributed by atoms with Gasteiger partial charge in [-0.25, -0.2) is 4.79 Å². The monoisotopic (exact) mass is 420 g/mol. The highest BCUT2D eigenvalue weighted by Crippen LogP contribution is 2.40. The molecular weight excluding hydrogens is 404 g/mol. The number of carboxylic acids is 1. The molecule has 0 aliphatic rings. The molecule has 8 heteroatoms. The van der Waals surface area contributed by atoms with Crippen molar-refractivity contribution in [1.29, 1.82) is 0 Å². The summed E-state index contributed by atoms with van der Waals surface area (Å²) in [7, 11) is 1.50. The molecule has 156 valence electrons. The van der Waals surface area contributed by atoms with E-state index in [0.29, 0.717) is 11.3 Å². The maximum atomic E-state index is 13.4. The van der Waals surface area contributed by atoms with Crippen LogP contribution < -0.4 is 10.2 Å². The SMILES string of the molecule is COc1ccc(-c2oc3cc(O)cc(O)c3c(=O)c2-c2cccc(C(=O)O)c2O)cc1. The van der Waals surface area contributed by atoms with Gasteiger partial charge < -0.3 is 29.6 Å². The van der Waals surface area contributed by atoms with Crippen LogP contribution in [-0.2, 0) is 0 Å². The fourth-order valence-corrected chi connectivity index (χ4v) is 3.39. The largest absolute Gasteiger partial charge is 0.508 e. The smallest absolute Gasteiger partial charge is 0.339 e. The molecule has 1 aromatic heterocycles. The number of aromatic hydroxyl groups is 3. The number of phenolic OH excluding ortho intramolecular Hbond substituents is 2. The Morgan fingerprint density at radius 3 is 2.35 bits per heavy atom. The molecule has 0 fully saturated rings. The lowest BCUT2D eigenvalue weighted by atomic mass is 9.95. The van der Waals surface area contributed by atoms with Gasteiger partial charge in [-0.05, 0) is 30.3 Å². The molecule has 0 unspecified atom stereocenters. The molecule has 4 N–H and O–H groups in total. The van der Waals surface area contributed by atoms with Crippen molar-refractivity contribution in [2.75, 3.05) is 7.11 Å². The molecule has 1 heterocycles. The minimum atomic E-state index is -1.37. The van der Waals surface area contributed by atoms with Crippen LogP contribution in [0, 0.1) is 0 Å². The summed E-state index contributed by atoms with van der Waals surface area (Å²) in [6.07, 6.45) is 0. The zero-order valence-corrected chi connectivity index (χ0v) is 16.1. The van der Waals surface area contributed by atoms with E-state index in [1.165, 1.54) is 31.4 Å². The van der Waals surface area contributed by atoms with Gasteiger partial charge in [-0.15, -0.1) is 0 Å². The Bertz CT molecular complexity index is 1380. The third-order valence-electron chi connectivity index (χ3n) is 4.85. The first-order chi connectivity index (χ1) is 14.8. The van der Waals surface area contributed by atoms with Gasteiger partial charge in [0.05, 0.1) is 12.7 Å². The van der Waals surface area contributed by atoms with Crippen LogP contribution in [0.5, 0.6) is 23.0 Å². The molecule has 0 spiro atoms. The van der Waals surface area contributed by atoms with Gasteiger partial charge in [-0.1, -0.05) is 12.1 Å². The fourth-order valence-electron chi connectivity index (χ4n) is 3.39. The first-order valence-corrected chi connectivity index (χ1v) is 9.04. The van der Waals surface area contributed by atoms with E-state index in [4.69, 9.17) is 9.15 Å². The number of fused-ring (bicyclic) bond motifs is 1. The van der Waals surface area contributed by atoms with Crippen molar-refractivity contribution >= 4 is 16.9 Å². The molecule has 0 atom stereocenters. The number of hydrogen-bond acceptors (Lipinski definition) is 7. The van der Waals surface area contributed by atoms with Crippen LogP contribution in [0.2, 0.25) is 0 Å². The Hall–Kier alpha value is -4.46. The number of ether oxygens (including phenoxy) is 1. The van der Waals surface area contributed by atoms with Crippen LogP contribution in [0.3, 0.4) is 0 Å². The number of aromatic carboxylic acids is 1. The van der Waals surface area contributed by atoms with Crippen LogP contribution in [0.25, 0.3) is 33.4 Å². The summed E-state index contributed by atoms with van der Waals surface area (Å²) in [6.45, 7) is 0. The van der Waals surface area contributed by atoms with E-state index in [0.717, 1.165) is 6.07 Å². The van der Waals surface area contributed by atoms with Crippen LogP contribution in [-0.4, -0.2) is 33.5 Å². The standard InChI is InChI=1S/C23H16O8/c1-30-13-7-5-11(6-8-13)22-18(14-3-2-4-15(20(14)26)23(28)29)21(27)19-16(25)9-12(24)10-17(19)31-22/h2-10,24-26H,1H3,(H,28,29). The Balaban J connectivity index is 2.14. The van der Waals surface area contributed by atoms with Gasteiger partial charge in [0.25, 0.3) is 0 Å². The number of rotatable bonds is 4. The van der Waals surface area contributed by atoms with Crippen LogP contribution in [0.4, 0.5) is 0 Å². The zero-order chi connectivity index (χ0) is 22.3. The van der Waals surface area contributed by atoms with Crippen LogP contribution in [0.15, 0.2) is 63.8 Å². The first kappa shape index (κ1) is 19.8. The quantitative estimate of drug-likeness (QED) is 0.389. The average molecular weight is 420 g/mol. The van der Waals surface area contributed by atoms with Crippen molar-refractivity contribution in [2.45, 2.75) is 0 Å². The van der Waals surface area contributed by atoms with Crippen molar-refractivity contribution < 1.29 is 34.4 Å². The van der Waals surface area contributed by atoms with E-state index in [2.05, 4.69) is 0 Å². The third kappa shape index (κ3) is 3.29. The van der Waals surface area contributed by atoms with Gasteiger partial charge in [0.15, 0.2) is 0 Å². The normalized spacial score (nSPS) is 10.9. The highest BCUT2D eigenvalue weighted by atomic mass is 16.5. The molecule has 0 saturated carbocycles. The topological polar surface area (TPSA) is 137 Å². The highest BCUT2D eigenvalue weighted by molar-refractivity contribution is 5.98. The van der Waals surface area contributed by atoms with E-state index >= 15 is 0 Å². The maximum Gasteiger partial charge on any atom is 0.339 e.